The fourth-order valence-corrected chi connectivity index (χ4v) is 4.94. The van der Waals surface area contributed by atoms with Crippen molar-refractivity contribution in [3.8, 4) is 11.5 Å². The molecule has 1 atom stereocenters. The molecule has 0 saturated carbocycles. The number of fused-ring (bicyclic) bond motifs is 1. The number of nitrogens with one attached hydrogen (secondary N) is 1. The summed E-state index contributed by atoms with van der Waals surface area (Å²) in [6.45, 7) is 4.28. The maximum Gasteiger partial charge on any atom is 0.341 e. The molecule has 6 nitrogen and oxygen atoms in total. The predicted octanol–water partition coefficient (Wildman–Crippen LogP) is 4.72. The standard InChI is InChI=1S/C23H27NO5S/c1-5-29-23(26)21-16-9-6-14(2)12-19(16)30-22(21)24-20(25)11-8-15-7-10-17(27-3)18(13-15)28-4/h7-8,10-11,13-14H,5-6,9,12H2,1-4H3,(H,24,25)/b11-8+. The van der Waals surface area contributed by atoms with Crippen molar-refractivity contribution in [3.63, 3.8) is 0 Å². The van der Waals surface area contributed by atoms with Crippen LogP contribution in [0.4, 0.5) is 5.00 Å². The van der Waals surface area contributed by atoms with Gasteiger partial charge in [0.2, 0.25) is 5.91 Å². The van der Waals surface area contributed by atoms with Gasteiger partial charge in [-0.1, -0.05) is 13.0 Å². The number of carbonyl (C=O) groups excluding carboxylic acids is 2. The van der Waals surface area contributed by atoms with Crippen LogP contribution < -0.4 is 14.8 Å². The van der Waals surface area contributed by atoms with E-state index in [1.807, 2.05) is 6.07 Å². The highest BCUT2D eigenvalue weighted by Crippen LogP contribution is 2.40. The fourth-order valence-electron chi connectivity index (χ4n) is 3.54. The first-order valence-corrected chi connectivity index (χ1v) is 10.8. The van der Waals surface area contributed by atoms with Gasteiger partial charge in [0.1, 0.15) is 5.00 Å². The second-order valence-corrected chi connectivity index (χ2v) is 8.32. The van der Waals surface area contributed by atoms with E-state index in [2.05, 4.69) is 12.2 Å². The molecule has 30 heavy (non-hydrogen) atoms. The van der Waals surface area contributed by atoms with E-state index in [1.165, 1.54) is 17.4 Å². The normalized spacial score (nSPS) is 15.5. The highest BCUT2D eigenvalue weighted by molar-refractivity contribution is 7.17. The van der Waals surface area contributed by atoms with E-state index >= 15 is 0 Å². The lowest BCUT2D eigenvalue weighted by atomic mass is 9.88. The summed E-state index contributed by atoms with van der Waals surface area (Å²) in [7, 11) is 3.14. The van der Waals surface area contributed by atoms with E-state index in [1.54, 1.807) is 39.4 Å². The van der Waals surface area contributed by atoms with Crippen molar-refractivity contribution in [2.24, 2.45) is 5.92 Å². The zero-order valence-electron chi connectivity index (χ0n) is 17.7. The smallest absolute Gasteiger partial charge is 0.341 e. The van der Waals surface area contributed by atoms with Crippen LogP contribution in [-0.4, -0.2) is 32.7 Å². The molecule has 0 saturated heterocycles. The van der Waals surface area contributed by atoms with Gasteiger partial charge >= 0.3 is 5.97 Å². The van der Waals surface area contributed by atoms with Crippen LogP contribution in [-0.2, 0) is 22.4 Å². The number of benzene rings is 1. The quantitative estimate of drug-likeness (QED) is 0.509. The van der Waals surface area contributed by atoms with Gasteiger partial charge in [0.15, 0.2) is 11.5 Å². The number of ether oxygens (including phenoxy) is 3. The number of thiophene rings is 1. The summed E-state index contributed by atoms with van der Waals surface area (Å²) in [5.74, 6) is 1.10. The Bertz CT molecular complexity index is 963. The average molecular weight is 430 g/mol. The van der Waals surface area contributed by atoms with E-state index < -0.39 is 0 Å². The third kappa shape index (κ3) is 4.84. The third-order valence-corrected chi connectivity index (χ3v) is 6.23. The van der Waals surface area contributed by atoms with Crippen LogP contribution in [0.2, 0.25) is 0 Å². The van der Waals surface area contributed by atoms with Crippen molar-refractivity contribution < 1.29 is 23.8 Å². The number of methoxy groups -OCH3 is 2. The lowest BCUT2D eigenvalue weighted by Gasteiger charge is -2.18. The van der Waals surface area contributed by atoms with Crippen molar-refractivity contribution in [2.45, 2.75) is 33.1 Å². The van der Waals surface area contributed by atoms with Gasteiger partial charge in [-0.25, -0.2) is 4.79 Å². The molecule has 1 aromatic carbocycles. The summed E-state index contributed by atoms with van der Waals surface area (Å²) in [5.41, 5.74) is 2.33. The summed E-state index contributed by atoms with van der Waals surface area (Å²) < 4.78 is 15.8. The molecule has 7 heteroatoms. The SMILES string of the molecule is CCOC(=O)c1c(NC(=O)/C=C/c2ccc(OC)c(OC)c2)sc2c1CCC(C)C2. The molecular formula is C23H27NO5S. The minimum absolute atomic E-state index is 0.298. The molecule has 1 N–H and O–H groups in total. The van der Waals surface area contributed by atoms with Crippen LogP contribution in [0.25, 0.3) is 6.08 Å². The number of hydrogen-bond acceptors (Lipinski definition) is 6. The largest absolute Gasteiger partial charge is 0.493 e. The minimum Gasteiger partial charge on any atom is -0.493 e. The molecule has 0 aliphatic heterocycles. The molecule has 1 aromatic heterocycles. The number of anilines is 1. The van der Waals surface area contributed by atoms with Crippen molar-refractivity contribution in [1.82, 2.24) is 0 Å². The summed E-state index contributed by atoms with van der Waals surface area (Å²) >= 11 is 1.48. The molecule has 1 unspecified atom stereocenters. The second kappa shape index (κ2) is 9.80. The first-order chi connectivity index (χ1) is 14.5. The molecule has 1 heterocycles. The number of esters is 1. The molecule has 2 aromatic rings. The highest BCUT2D eigenvalue weighted by Gasteiger charge is 2.28. The van der Waals surface area contributed by atoms with Gasteiger partial charge in [-0.2, -0.15) is 0 Å². The van der Waals surface area contributed by atoms with E-state index in [0.29, 0.717) is 34.6 Å². The van der Waals surface area contributed by atoms with E-state index in [4.69, 9.17) is 14.2 Å². The topological polar surface area (TPSA) is 73.9 Å². The third-order valence-electron chi connectivity index (χ3n) is 5.06. The van der Waals surface area contributed by atoms with Crippen LogP contribution in [0, 0.1) is 5.92 Å². The number of carbonyl (C=O) groups is 2. The Morgan fingerprint density at radius 1 is 1.23 bits per heavy atom. The summed E-state index contributed by atoms with van der Waals surface area (Å²) in [6.07, 6.45) is 5.92. The maximum atomic E-state index is 12.6. The lowest BCUT2D eigenvalue weighted by Crippen LogP contribution is -2.15. The first kappa shape index (κ1) is 21.9. The zero-order valence-corrected chi connectivity index (χ0v) is 18.6. The monoisotopic (exact) mass is 429 g/mol. The Kier molecular flexibility index (Phi) is 7.15. The average Bonchev–Trinajstić information content (AvgIpc) is 3.08. The second-order valence-electron chi connectivity index (χ2n) is 7.21. The molecule has 0 bridgehead atoms. The van der Waals surface area contributed by atoms with Gasteiger partial charge in [-0.15, -0.1) is 11.3 Å². The molecule has 1 aliphatic rings. The Balaban J connectivity index is 1.81. The molecule has 0 fully saturated rings. The Hall–Kier alpha value is -2.80. The molecule has 160 valence electrons. The molecule has 1 amide bonds. The summed E-state index contributed by atoms with van der Waals surface area (Å²) in [5, 5.41) is 3.44. The minimum atomic E-state index is -0.372. The Labute approximate surface area is 180 Å². The van der Waals surface area contributed by atoms with E-state index in [-0.39, 0.29) is 11.9 Å². The number of hydrogen-bond donors (Lipinski definition) is 1. The van der Waals surface area contributed by atoms with Gasteiger partial charge < -0.3 is 19.5 Å². The molecule has 0 radical (unpaired) electrons. The van der Waals surface area contributed by atoms with Gasteiger partial charge in [0.25, 0.3) is 0 Å². The maximum absolute atomic E-state index is 12.6. The summed E-state index contributed by atoms with van der Waals surface area (Å²) in [4.78, 5) is 26.3. The van der Waals surface area contributed by atoms with Crippen molar-refractivity contribution in [1.29, 1.82) is 0 Å². The van der Waals surface area contributed by atoms with Crippen LogP contribution in [0.15, 0.2) is 24.3 Å². The molecule has 3 rings (SSSR count). The lowest BCUT2D eigenvalue weighted by molar-refractivity contribution is -0.111. The van der Waals surface area contributed by atoms with Crippen molar-refractivity contribution >= 4 is 34.3 Å². The number of amides is 1. The van der Waals surface area contributed by atoms with Crippen molar-refractivity contribution in [3.05, 3.63) is 45.8 Å². The van der Waals surface area contributed by atoms with Gasteiger partial charge in [0.05, 0.1) is 26.4 Å². The molecule has 1 aliphatic carbocycles. The van der Waals surface area contributed by atoms with Gasteiger partial charge in [0, 0.05) is 11.0 Å². The Morgan fingerprint density at radius 3 is 2.70 bits per heavy atom. The van der Waals surface area contributed by atoms with Crippen molar-refractivity contribution in [2.75, 3.05) is 26.1 Å². The zero-order chi connectivity index (χ0) is 21.7. The molecule has 0 spiro atoms. The van der Waals surface area contributed by atoms with Gasteiger partial charge in [-0.3, -0.25) is 4.79 Å². The summed E-state index contributed by atoms with van der Waals surface area (Å²) in [6, 6.07) is 5.40. The van der Waals surface area contributed by atoms with Crippen LogP contribution in [0.1, 0.15) is 46.6 Å². The van der Waals surface area contributed by atoms with Gasteiger partial charge in [-0.05, 0) is 61.4 Å². The Morgan fingerprint density at radius 2 is 2.00 bits per heavy atom. The van der Waals surface area contributed by atoms with Crippen LogP contribution >= 0.6 is 11.3 Å². The first-order valence-electron chi connectivity index (χ1n) is 9.99. The molecular weight excluding hydrogens is 402 g/mol. The fraction of sp³-hybridized carbons (Fsp3) is 0.391. The predicted molar refractivity (Wildman–Crippen MR) is 119 cm³/mol. The number of rotatable bonds is 7. The van der Waals surface area contributed by atoms with Crippen LogP contribution in [0.5, 0.6) is 11.5 Å². The highest BCUT2D eigenvalue weighted by atomic mass is 32.1. The van der Waals surface area contributed by atoms with E-state index in [0.717, 1.165) is 35.3 Å². The van der Waals surface area contributed by atoms with Crippen LogP contribution in [0.3, 0.4) is 0 Å². The van der Waals surface area contributed by atoms with E-state index in [9.17, 15) is 9.59 Å².